The number of methoxy groups -OCH3 is 1. The molecule has 3 heterocycles. The van der Waals surface area contributed by atoms with Crippen molar-refractivity contribution < 1.29 is 14.2 Å². The van der Waals surface area contributed by atoms with Crippen LogP contribution in [0.2, 0.25) is 0 Å². The molecule has 0 aromatic carbocycles. The van der Waals surface area contributed by atoms with Crippen molar-refractivity contribution >= 4 is 5.69 Å². The van der Waals surface area contributed by atoms with Crippen LogP contribution in [0.15, 0.2) is 18.5 Å². The van der Waals surface area contributed by atoms with Crippen molar-refractivity contribution in [3.05, 3.63) is 18.5 Å². The van der Waals surface area contributed by atoms with Gasteiger partial charge in [0.05, 0.1) is 38.4 Å². The lowest BCUT2D eigenvalue weighted by Crippen LogP contribution is -2.45. The molecule has 98 valence electrons. The maximum absolute atomic E-state index is 5.72. The summed E-state index contributed by atoms with van der Waals surface area (Å²) in [5.41, 5.74) is 1.10. The van der Waals surface area contributed by atoms with Crippen LogP contribution in [-0.2, 0) is 9.47 Å². The van der Waals surface area contributed by atoms with E-state index in [-0.39, 0.29) is 5.79 Å². The third-order valence-electron chi connectivity index (χ3n) is 3.64. The van der Waals surface area contributed by atoms with Gasteiger partial charge in [0.1, 0.15) is 5.75 Å². The molecule has 5 nitrogen and oxygen atoms in total. The van der Waals surface area contributed by atoms with Gasteiger partial charge in [-0.1, -0.05) is 0 Å². The van der Waals surface area contributed by atoms with Crippen LogP contribution in [-0.4, -0.2) is 44.2 Å². The van der Waals surface area contributed by atoms with Crippen molar-refractivity contribution in [3.8, 4) is 5.75 Å². The van der Waals surface area contributed by atoms with Gasteiger partial charge in [-0.25, -0.2) is 0 Å². The minimum atomic E-state index is -0.317. The second-order valence-corrected chi connectivity index (χ2v) is 4.68. The molecule has 1 aromatic rings. The minimum absolute atomic E-state index is 0.317. The zero-order chi connectivity index (χ0) is 12.4. The molecule has 5 heteroatoms. The summed E-state index contributed by atoms with van der Waals surface area (Å²) in [6.45, 7) is 3.30. The number of piperidine rings is 1. The van der Waals surface area contributed by atoms with E-state index in [0.717, 1.165) is 50.6 Å². The van der Waals surface area contributed by atoms with Gasteiger partial charge in [-0.15, -0.1) is 0 Å². The predicted molar refractivity (Wildman–Crippen MR) is 66.9 cm³/mol. The highest BCUT2D eigenvalue weighted by molar-refractivity contribution is 5.48. The highest BCUT2D eigenvalue weighted by atomic mass is 16.7. The Morgan fingerprint density at radius 3 is 2.61 bits per heavy atom. The van der Waals surface area contributed by atoms with Crippen LogP contribution in [0.1, 0.15) is 12.8 Å². The number of nitrogens with zero attached hydrogens (tertiary/aromatic N) is 2. The zero-order valence-corrected chi connectivity index (χ0v) is 10.6. The van der Waals surface area contributed by atoms with E-state index in [9.17, 15) is 0 Å². The number of rotatable bonds is 2. The Bertz CT molecular complexity index is 408. The van der Waals surface area contributed by atoms with Crippen LogP contribution < -0.4 is 9.64 Å². The van der Waals surface area contributed by atoms with Crippen LogP contribution in [0.4, 0.5) is 5.69 Å². The topological polar surface area (TPSA) is 43.8 Å². The van der Waals surface area contributed by atoms with Crippen molar-refractivity contribution in [2.45, 2.75) is 18.6 Å². The lowest BCUT2D eigenvalue weighted by molar-refractivity contribution is -0.169. The quantitative estimate of drug-likeness (QED) is 0.794. The molecule has 18 heavy (non-hydrogen) atoms. The van der Waals surface area contributed by atoms with Crippen LogP contribution in [0.3, 0.4) is 0 Å². The second-order valence-electron chi connectivity index (χ2n) is 4.68. The van der Waals surface area contributed by atoms with Crippen LogP contribution in [0, 0.1) is 0 Å². The number of ether oxygens (including phenoxy) is 3. The molecule has 2 aliphatic heterocycles. The molecule has 2 saturated heterocycles. The zero-order valence-electron chi connectivity index (χ0n) is 10.6. The number of aromatic nitrogens is 1. The normalized spacial score (nSPS) is 22.4. The summed E-state index contributed by atoms with van der Waals surface area (Å²) in [7, 11) is 1.66. The Kier molecular flexibility index (Phi) is 3.09. The Labute approximate surface area is 107 Å². The highest BCUT2D eigenvalue weighted by Crippen LogP contribution is 2.33. The molecule has 0 atom stereocenters. The smallest absolute Gasteiger partial charge is 0.171 e. The summed E-state index contributed by atoms with van der Waals surface area (Å²) in [6.07, 6.45) is 5.41. The monoisotopic (exact) mass is 250 g/mol. The number of hydrogen-bond donors (Lipinski definition) is 0. The van der Waals surface area contributed by atoms with Crippen LogP contribution in [0.5, 0.6) is 5.75 Å². The average molecular weight is 250 g/mol. The summed E-state index contributed by atoms with van der Waals surface area (Å²) in [5.74, 6) is 0.476. The van der Waals surface area contributed by atoms with Crippen molar-refractivity contribution in [1.82, 2.24) is 4.98 Å². The van der Waals surface area contributed by atoms with E-state index in [2.05, 4.69) is 9.88 Å². The predicted octanol–water partition coefficient (Wildman–Crippen LogP) is 1.43. The molecule has 1 spiro atoms. The van der Waals surface area contributed by atoms with Crippen molar-refractivity contribution in [2.24, 2.45) is 0 Å². The second kappa shape index (κ2) is 4.74. The standard InChI is InChI=1S/C13H18N2O3/c1-16-12-8-11(9-14-10-12)15-4-2-13(3-5-15)17-6-7-18-13/h8-10H,2-7H2,1H3. The molecule has 0 N–H and O–H groups in total. The fourth-order valence-corrected chi connectivity index (χ4v) is 2.58. The Morgan fingerprint density at radius 2 is 1.94 bits per heavy atom. The third-order valence-corrected chi connectivity index (χ3v) is 3.64. The van der Waals surface area contributed by atoms with E-state index >= 15 is 0 Å². The molecule has 3 rings (SSSR count). The molecule has 0 unspecified atom stereocenters. The summed E-state index contributed by atoms with van der Waals surface area (Å²) in [5, 5.41) is 0. The summed E-state index contributed by atoms with van der Waals surface area (Å²) >= 11 is 0. The molecule has 0 amide bonds. The molecular formula is C13H18N2O3. The maximum Gasteiger partial charge on any atom is 0.171 e. The van der Waals surface area contributed by atoms with E-state index in [1.807, 2.05) is 12.3 Å². The van der Waals surface area contributed by atoms with Crippen LogP contribution >= 0.6 is 0 Å². The van der Waals surface area contributed by atoms with E-state index in [1.165, 1.54) is 0 Å². The van der Waals surface area contributed by atoms with E-state index in [1.54, 1.807) is 13.3 Å². The van der Waals surface area contributed by atoms with Gasteiger partial charge in [-0.05, 0) is 0 Å². The van der Waals surface area contributed by atoms with Crippen molar-refractivity contribution in [3.63, 3.8) is 0 Å². The van der Waals surface area contributed by atoms with Gasteiger partial charge in [-0.2, -0.15) is 0 Å². The molecule has 0 aliphatic carbocycles. The summed E-state index contributed by atoms with van der Waals surface area (Å²) in [6, 6.07) is 2.02. The first kappa shape index (κ1) is 11.7. The Balaban J connectivity index is 1.68. The molecule has 2 aliphatic rings. The fraction of sp³-hybridized carbons (Fsp3) is 0.615. The van der Waals surface area contributed by atoms with Crippen molar-refractivity contribution in [2.75, 3.05) is 38.3 Å². The van der Waals surface area contributed by atoms with Gasteiger partial charge in [0, 0.05) is 32.0 Å². The summed E-state index contributed by atoms with van der Waals surface area (Å²) < 4.78 is 16.6. The van der Waals surface area contributed by atoms with Gasteiger partial charge in [0.15, 0.2) is 5.79 Å². The summed E-state index contributed by atoms with van der Waals surface area (Å²) in [4.78, 5) is 6.49. The van der Waals surface area contributed by atoms with E-state index < -0.39 is 0 Å². The first-order valence-electron chi connectivity index (χ1n) is 6.33. The van der Waals surface area contributed by atoms with Gasteiger partial charge in [0.25, 0.3) is 0 Å². The Hall–Kier alpha value is -1.33. The number of pyridine rings is 1. The van der Waals surface area contributed by atoms with Gasteiger partial charge < -0.3 is 19.1 Å². The lowest BCUT2D eigenvalue weighted by Gasteiger charge is -2.38. The molecule has 0 radical (unpaired) electrons. The number of hydrogen-bond acceptors (Lipinski definition) is 5. The van der Waals surface area contributed by atoms with Gasteiger partial charge in [0.2, 0.25) is 0 Å². The molecule has 2 fully saturated rings. The van der Waals surface area contributed by atoms with Crippen LogP contribution in [0.25, 0.3) is 0 Å². The molecule has 1 aromatic heterocycles. The Morgan fingerprint density at radius 1 is 1.22 bits per heavy atom. The maximum atomic E-state index is 5.72. The average Bonchev–Trinajstić information content (AvgIpc) is 2.88. The minimum Gasteiger partial charge on any atom is -0.495 e. The van der Waals surface area contributed by atoms with E-state index in [4.69, 9.17) is 14.2 Å². The molecule has 0 saturated carbocycles. The largest absolute Gasteiger partial charge is 0.495 e. The van der Waals surface area contributed by atoms with Gasteiger partial charge in [-0.3, -0.25) is 4.98 Å². The highest BCUT2D eigenvalue weighted by Gasteiger charge is 2.39. The molecule has 0 bridgehead atoms. The van der Waals surface area contributed by atoms with E-state index in [0.29, 0.717) is 0 Å². The number of anilines is 1. The van der Waals surface area contributed by atoms with Crippen molar-refractivity contribution in [1.29, 1.82) is 0 Å². The fourth-order valence-electron chi connectivity index (χ4n) is 2.58. The lowest BCUT2D eigenvalue weighted by atomic mass is 10.0. The third kappa shape index (κ3) is 2.15. The first-order chi connectivity index (χ1) is 8.81. The SMILES string of the molecule is COc1cncc(N2CCC3(CC2)OCCO3)c1. The van der Waals surface area contributed by atoms with Gasteiger partial charge >= 0.3 is 0 Å². The first-order valence-corrected chi connectivity index (χ1v) is 6.33. The molecular weight excluding hydrogens is 232 g/mol.